The summed E-state index contributed by atoms with van der Waals surface area (Å²) < 4.78 is 0. The molecule has 14 heavy (non-hydrogen) atoms. The van der Waals surface area contributed by atoms with Crippen molar-refractivity contribution in [2.45, 2.75) is 46.1 Å². The first-order chi connectivity index (χ1) is 6.74. The summed E-state index contributed by atoms with van der Waals surface area (Å²) in [6.45, 7) is 7.60. The monoisotopic (exact) mass is 195 g/mol. The molecule has 2 N–H and O–H groups in total. The maximum Gasteiger partial charge on any atom is 0.0522 e. The van der Waals surface area contributed by atoms with E-state index in [0.717, 1.165) is 13.0 Å². The summed E-state index contributed by atoms with van der Waals surface area (Å²) in [4.78, 5) is 0. The van der Waals surface area contributed by atoms with Gasteiger partial charge in [-0.15, -0.1) is 0 Å². The van der Waals surface area contributed by atoms with Gasteiger partial charge in [0, 0.05) is 11.7 Å². The second-order valence-corrected chi connectivity index (χ2v) is 3.89. The van der Waals surface area contributed by atoms with Gasteiger partial charge >= 0.3 is 0 Å². The number of nitrogens with zero attached hydrogens (tertiary/aromatic N) is 1. The van der Waals surface area contributed by atoms with Gasteiger partial charge in [-0.1, -0.05) is 6.92 Å². The fraction of sp³-hybridized carbons (Fsp3) is 0.727. The van der Waals surface area contributed by atoms with E-state index in [0.29, 0.717) is 6.04 Å². The van der Waals surface area contributed by atoms with Crippen LogP contribution in [0.25, 0.3) is 0 Å². The normalized spacial score (nSPS) is 13.1. The van der Waals surface area contributed by atoms with Gasteiger partial charge in [0.15, 0.2) is 0 Å². The predicted molar refractivity (Wildman–Crippen MR) is 59.4 cm³/mol. The zero-order chi connectivity index (χ0) is 10.4. The molecule has 0 fully saturated rings. The summed E-state index contributed by atoms with van der Waals surface area (Å²) in [6.07, 6.45) is 5.43. The minimum Gasteiger partial charge on any atom is -0.314 e. The van der Waals surface area contributed by atoms with Crippen LogP contribution in [0.4, 0.5) is 0 Å². The van der Waals surface area contributed by atoms with E-state index in [-0.39, 0.29) is 0 Å². The van der Waals surface area contributed by atoms with Crippen LogP contribution in [0.1, 0.15) is 37.9 Å². The molecule has 1 aromatic rings. The molecular weight excluding hydrogens is 174 g/mol. The highest BCUT2D eigenvalue weighted by Gasteiger charge is 2.00. The molecule has 1 aromatic heterocycles. The van der Waals surface area contributed by atoms with E-state index in [9.17, 15) is 0 Å². The van der Waals surface area contributed by atoms with Crippen LogP contribution < -0.4 is 5.32 Å². The minimum atomic E-state index is 0.639. The van der Waals surface area contributed by atoms with Gasteiger partial charge in [-0.05, 0) is 45.2 Å². The maximum atomic E-state index is 4.01. The highest BCUT2D eigenvalue weighted by Crippen LogP contribution is 2.05. The van der Waals surface area contributed by atoms with E-state index in [1.54, 1.807) is 0 Å². The molecule has 1 heterocycles. The summed E-state index contributed by atoms with van der Waals surface area (Å²) in [7, 11) is 0. The molecular formula is C11H21N3. The summed E-state index contributed by atoms with van der Waals surface area (Å²) in [5.74, 6) is 0. The molecule has 0 aromatic carbocycles. The van der Waals surface area contributed by atoms with Crippen LogP contribution in [0, 0.1) is 6.92 Å². The highest BCUT2D eigenvalue weighted by molar-refractivity contribution is 5.14. The van der Waals surface area contributed by atoms with Gasteiger partial charge in [-0.3, -0.25) is 5.10 Å². The summed E-state index contributed by atoms with van der Waals surface area (Å²) >= 11 is 0. The van der Waals surface area contributed by atoms with E-state index < -0.39 is 0 Å². The van der Waals surface area contributed by atoms with Crippen molar-refractivity contribution in [1.82, 2.24) is 15.5 Å². The Bertz CT molecular complexity index is 255. The Balaban J connectivity index is 2.13. The topological polar surface area (TPSA) is 40.7 Å². The lowest BCUT2D eigenvalue weighted by Crippen LogP contribution is -2.26. The number of aromatic amines is 1. The van der Waals surface area contributed by atoms with Gasteiger partial charge in [-0.2, -0.15) is 5.10 Å². The standard InChI is InChI=1S/C11H21N3/c1-4-9(2)12-7-5-6-11-8-13-14-10(11)3/h8-9,12H,4-7H2,1-3H3,(H,13,14). The third kappa shape index (κ3) is 3.50. The van der Waals surface area contributed by atoms with Gasteiger partial charge in [-0.25, -0.2) is 0 Å². The lowest BCUT2D eigenvalue weighted by molar-refractivity contribution is 0.524. The molecule has 3 heteroatoms. The summed E-state index contributed by atoms with van der Waals surface area (Å²) in [6, 6.07) is 0.639. The minimum absolute atomic E-state index is 0.639. The Hall–Kier alpha value is -0.830. The molecule has 0 aliphatic heterocycles. The van der Waals surface area contributed by atoms with Crippen LogP contribution in [0.5, 0.6) is 0 Å². The van der Waals surface area contributed by atoms with E-state index in [1.165, 1.54) is 24.1 Å². The van der Waals surface area contributed by atoms with Gasteiger partial charge < -0.3 is 5.32 Å². The van der Waals surface area contributed by atoms with Crippen molar-refractivity contribution in [2.75, 3.05) is 6.54 Å². The van der Waals surface area contributed by atoms with E-state index >= 15 is 0 Å². The van der Waals surface area contributed by atoms with E-state index in [2.05, 4.69) is 36.3 Å². The zero-order valence-electron chi connectivity index (χ0n) is 9.43. The Morgan fingerprint density at radius 1 is 1.57 bits per heavy atom. The largest absolute Gasteiger partial charge is 0.314 e. The molecule has 0 spiro atoms. The second kappa shape index (κ2) is 5.81. The lowest BCUT2D eigenvalue weighted by Gasteiger charge is -2.10. The molecule has 3 nitrogen and oxygen atoms in total. The molecule has 0 saturated heterocycles. The summed E-state index contributed by atoms with van der Waals surface area (Å²) in [5, 5.41) is 10.4. The Morgan fingerprint density at radius 2 is 2.36 bits per heavy atom. The Labute approximate surface area is 86.3 Å². The van der Waals surface area contributed by atoms with Crippen LogP contribution in [0.2, 0.25) is 0 Å². The average molecular weight is 195 g/mol. The van der Waals surface area contributed by atoms with Crippen LogP contribution >= 0.6 is 0 Å². The van der Waals surface area contributed by atoms with Crippen molar-refractivity contribution in [1.29, 1.82) is 0 Å². The molecule has 1 unspecified atom stereocenters. The highest BCUT2D eigenvalue weighted by atomic mass is 15.1. The molecule has 0 aliphatic carbocycles. The molecule has 0 saturated carbocycles. The average Bonchev–Trinajstić information content (AvgIpc) is 2.58. The lowest BCUT2D eigenvalue weighted by atomic mass is 10.1. The van der Waals surface area contributed by atoms with E-state index in [4.69, 9.17) is 0 Å². The predicted octanol–water partition coefficient (Wildman–Crippen LogP) is 2.04. The van der Waals surface area contributed by atoms with Crippen LogP contribution in [0.15, 0.2) is 6.20 Å². The maximum absolute atomic E-state index is 4.01. The molecule has 0 aliphatic rings. The SMILES string of the molecule is CCC(C)NCCCc1cn[nH]c1C. The quantitative estimate of drug-likeness (QED) is 0.682. The van der Waals surface area contributed by atoms with Crippen molar-refractivity contribution >= 4 is 0 Å². The number of aryl methyl sites for hydroxylation is 2. The molecule has 80 valence electrons. The van der Waals surface area contributed by atoms with Crippen molar-refractivity contribution in [2.24, 2.45) is 0 Å². The first-order valence-electron chi connectivity index (χ1n) is 5.46. The van der Waals surface area contributed by atoms with E-state index in [1.807, 2.05) is 6.20 Å². The van der Waals surface area contributed by atoms with Gasteiger partial charge in [0.25, 0.3) is 0 Å². The Morgan fingerprint density at radius 3 is 2.93 bits per heavy atom. The van der Waals surface area contributed by atoms with Crippen molar-refractivity contribution < 1.29 is 0 Å². The fourth-order valence-electron chi connectivity index (χ4n) is 1.40. The van der Waals surface area contributed by atoms with Gasteiger partial charge in [0.1, 0.15) is 0 Å². The zero-order valence-corrected chi connectivity index (χ0v) is 9.43. The second-order valence-electron chi connectivity index (χ2n) is 3.89. The third-order valence-corrected chi connectivity index (χ3v) is 2.66. The molecule has 0 amide bonds. The molecule has 1 rings (SSSR count). The number of H-pyrrole nitrogens is 1. The summed E-state index contributed by atoms with van der Waals surface area (Å²) in [5.41, 5.74) is 2.55. The Kier molecular flexibility index (Phi) is 4.66. The van der Waals surface area contributed by atoms with Gasteiger partial charge in [0.2, 0.25) is 0 Å². The molecule has 0 radical (unpaired) electrons. The van der Waals surface area contributed by atoms with Crippen LogP contribution in [0.3, 0.4) is 0 Å². The molecule has 0 bridgehead atoms. The van der Waals surface area contributed by atoms with Crippen molar-refractivity contribution in [3.8, 4) is 0 Å². The number of nitrogens with one attached hydrogen (secondary N) is 2. The number of hydrogen-bond donors (Lipinski definition) is 2. The fourth-order valence-corrected chi connectivity index (χ4v) is 1.40. The number of rotatable bonds is 6. The van der Waals surface area contributed by atoms with Gasteiger partial charge in [0.05, 0.1) is 6.20 Å². The van der Waals surface area contributed by atoms with Crippen LogP contribution in [-0.2, 0) is 6.42 Å². The van der Waals surface area contributed by atoms with Crippen molar-refractivity contribution in [3.05, 3.63) is 17.5 Å². The first kappa shape index (κ1) is 11.2. The number of hydrogen-bond acceptors (Lipinski definition) is 2. The number of aromatic nitrogens is 2. The molecule has 1 atom stereocenters. The first-order valence-corrected chi connectivity index (χ1v) is 5.46. The van der Waals surface area contributed by atoms with Crippen LogP contribution in [-0.4, -0.2) is 22.8 Å². The smallest absolute Gasteiger partial charge is 0.0522 e. The third-order valence-electron chi connectivity index (χ3n) is 2.66. The van der Waals surface area contributed by atoms with Crippen molar-refractivity contribution in [3.63, 3.8) is 0 Å².